The van der Waals surface area contributed by atoms with Crippen molar-refractivity contribution in [3.63, 3.8) is 0 Å². The molecule has 0 heterocycles. The van der Waals surface area contributed by atoms with Gasteiger partial charge >= 0.3 is 0 Å². The predicted molar refractivity (Wildman–Crippen MR) is 77.2 cm³/mol. The molecule has 20 heavy (non-hydrogen) atoms. The van der Waals surface area contributed by atoms with Crippen LogP contribution in [0.5, 0.6) is 5.75 Å². The first-order chi connectivity index (χ1) is 9.52. The molecule has 3 nitrogen and oxygen atoms in total. The van der Waals surface area contributed by atoms with Gasteiger partial charge in [0.1, 0.15) is 0 Å². The van der Waals surface area contributed by atoms with Gasteiger partial charge in [-0.15, -0.1) is 0 Å². The molecule has 0 saturated heterocycles. The summed E-state index contributed by atoms with van der Waals surface area (Å²) in [6.07, 6.45) is 0. The Balaban J connectivity index is 2.29. The Morgan fingerprint density at radius 2 is 1.65 bits per heavy atom. The van der Waals surface area contributed by atoms with Crippen LogP contribution >= 0.6 is 0 Å². The smallest absolute Gasteiger partial charge is 0.193 e. The van der Waals surface area contributed by atoms with Crippen LogP contribution in [0.4, 0.5) is 10.1 Å². The number of ketones is 1. The molecule has 0 spiro atoms. The number of rotatable bonds is 4. The van der Waals surface area contributed by atoms with Gasteiger partial charge in [-0.05, 0) is 42.5 Å². The lowest BCUT2D eigenvalue weighted by Crippen LogP contribution is -2.09. The lowest BCUT2D eigenvalue weighted by atomic mass is 10.0. The van der Waals surface area contributed by atoms with Crippen molar-refractivity contribution in [1.82, 2.24) is 0 Å². The van der Waals surface area contributed by atoms with E-state index in [1.54, 1.807) is 18.2 Å². The van der Waals surface area contributed by atoms with E-state index in [2.05, 4.69) is 0 Å². The average Bonchev–Trinajstić information content (AvgIpc) is 2.46. The summed E-state index contributed by atoms with van der Waals surface area (Å²) in [5.41, 5.74) is 1.84. The van der Waals surface area contributed by atoms with Gasteiger partial charge in [0.25, 0.3) is 0 Å². The normalized spacial score (nSPS) is 10.2. The SMILES string of the molecule is COc1ccc(C(=O)c2ccc(N(C)C)cc2)cc1F. The number of benzene rings is 2. The van der Waals surface area contributed by atoms with Gasteiger partial charge in [0.15, 0.2) is 17.3 Å². The first-order valence-electron chi connectivity index (χ1n) is 6.18. The van der Waals surface area contributed by atoms with Crippen molar-refractivity contribution in [2.45, 2.75) is 0 Å². The highest BCUT2D eigenvalue weighted by Gasteiger charge is 2.12. The first-order valence-corrected chi connectivity index (χ1v) is 6.18. The van der Waals surface area contributed by atoms with Crippen molar-refractivity contribution in [2.24, 2.45) is 0 Å². The molecule has 0 N–H and O–H groups in total. The number of hydrogen-bond acceptors (Lipinski definition) is 3. The molecule has 2 aromatic carbocycles. The number of carbonyl (C=O) groups is 1. The molecule has 0 saturated carbocycles. The lowest BCUT2D eigenvalue weighted by Gasteiger charge is -2.12. The molecule has 0 atom stereocenters. The van der Waals surface area contributed by atoms with Crippen LogP contribution in [-0.4, -0.2) is 27.0 Å². The maximum Gasteiger partial charge on any atom is 0.193 e. The fraction of sp³-hybridized carbons (Fsp3) is 0.188. The summed E-state index contributed by atoms with van der Waals surface area (Å²) >= 11 is 0. The van der Waals surface area contributed by atoms with Crippen molar-refractivity contribution in [3.05, 3.63) is 59.4 Å². The molecule has 0 radical (unpaired) electrons. The van der Waals surface area contributed by atoms with E-state index in [0.29, 0.717) is 11.1 Å². The zero-order valence-electron chi connectivity index (χ0n) is 11.7. The molecular formula is C16H16FNO2. The topological polar surface area (TPSA) is 29.5 Å². The summed E-state index contributed by atoms with van der Waals surface area (Å²) in [4.78, 5) is 14.2. The largest absolute Gasteiger partial charge is 0.494 e. The van der Waals surface area contributed by atoms with Gasteiger partial charge < -0.3 is 9.64 Å². The van der Waals surface area contributed by atoms with E-state index in [9.17, 15) is 9.18 Å². The van der Waals surface area contributed by atoms with Crippen LogP contribution < -0.4 is 9.64 Å². The Morgan fingerprint density at radius 1 is 1.05 bits per heavy atom. The maximum atomic E-state index is 13.6. The van der Waals surface area contributed by atoms with Crippen LogP contribution in [-0.2, 0) is 0 Å². The molecule has 2 aromatic rings. The zero-order valence-corrected chi connectivity index (χ0v) is 11.7. The minimum Gasteiger partial charge on any atom is -0.494 e. The molecule has 2 rings (SSSR count). The monoisotopic (exact) mass is 273 g/mol. The van der Waals surface area contributed by atoms with E-state index in [0.717, 1.165) is 5.69 Å². The summed E-state index contributed by atoms with van der Waals surface area (Å²) in [7, 11) is 5.24. The molecular weight excluding hydrogens is 257 g/mol. The van der Waals surface area contributed by atoms with Crippen LogP contribution in [0.2, 0.25) is 0 Å². The number of anilines is 1. The lowest BCUT2D eigenvalue weighted by molar-refractivity contribution is 0.103. The molecule has 4 heteroatoms. The predicted octanol–water partition coefficient (Wildman–Crippen LogP) is 3.13. The molecule has 104 valence electrons. The summed E-state index contributed by atoms with van der Waals surface area (Å²) < 4.78 is 18.4. The third-order valence-corrected chi connectivity index (χ3v) is 3.06. The summed E-state index contributed by atoms with van der Waals surface area (Å²) in [6, 6.07) is 11.4. The van der Waals surface area contributed by atoms with Gasteiger partial charge in [0.05, 0.1) is 7.11 Å². The Labute approximate surface area is 117 Å². The van der Waals surface area contributed by atoms with Crippen LogP contribution in [0.15, 0.2) is 42.5 Å². The quantitative estimate of drug-likeness (QED) is 0.802. The Hall–Kier alpha value is -2.36. The van der Waals surface area contributed by atoms with Crippen molar-refractivity contribution < 1.29 is 13.9 Å². The highest BCUT2D eigenvalue weighted by molar-refractivity contribution is 6.09. The number of carbonyl (C=O) groups excluding carboxylic acids is 1. The fourth-order valence-electron chi connectivity index (χ4n) is 1.89. The highest BCUT2D eigenvalue weighted by Crippen LogP contribution is 2.20. The van der Waals surface area contributed by atoms with Crippen LogP contribution in [0.25, 0.3) is 0 Å². The molecule has 0 unspecified atom stereocenters. The van der Waals surface area contributed by atoms with Gasteiger partial charge in [0.2, 0.25) is 0 Å². The molecule has 0 aliphatic rings. The van der Waals surface area contributed by atoms with Crippen molar-refractivity contribution in [1.29, 1.82) is 0 Å². The maximum absolute atomic E-state index is 13.6. The Bertz CT molecular complexity index is 621. The van der Waals surface area contributed by atoms with E-state index < -0.39 is 5.82 Å². The summed E-state index contributed by atoms with van der Waals surface area (Å²) in [5.74, 6) is -0.621. The van der Waals surface area contributed by atoms with Gasteiger partial charge in [-0.1, -0.05) is 0 Å². The minimum atomic E-state index is -0.539. The molecule has 0 aliphatic heterocycles. The second kappa shape index (κ2) is 5.74. The number of halogens is 1. The van der Waals surface area contributed by atoms with E-state index >= 15 is 0 Å². The highest BCUT2D eigenvalue weighted by atomic mass is 19.1. The van der Waals surface area contributed by atoms with E-state index in [-0.39, 0.29) is 11.5 Å². The van der Waals surface area contributed by atoms with Gasteiger partial charge in [-0.25, -0.2) is 4.39 Å². The number of hydrogen-bond donors (Lipinski definition) is 0. The average molecular weight is 273 g/mol. The van der Waals surface area contributed by atoms with Gasteiger partial charge in [0, 0.05) is 30.9 Å². The summed E-state index contributed by atoms with van der Waals surface area (Å²) in [5, 5.41) is 0. The molecule has 0 bridgehead atoms. The molecule has 0 fully saturated rings. The van der Waals surface area contributed by atoms with Crippen molar-refractivity contribution in [3.8, 4) is 5.75 Å². The Kier molecular flexibility index (Phi) is 4.03. The second-order valence-electron chi connectivity index (χ2n) is 4.62. The van der Waals surface area contributed by atoms with Gasteiger partial charge in [-0.3, -0.25) is 4.79 Å². The molecule has 0 aromatic heterocycles. The zero-order chi connectivity index (χ0) is 14.7. The molecule has 0 aliphatic carbocycles. The number of methoxy groups -OCH3 is 1. The van der Waals surface area contributed by atoms with Crippen molar-refractivity contribution in [2.75, 3.05) is 26.1 Å². The second-order valence-corrected chi connectivity index (χ2v) is 4.62. The molecule has 0 amide bonds. The van der Waals surface area contributed by atoms with Crippen LogP contribution in [0, 0.1) is 5.82 Å². The Morgan fingerprint density at radius 3 is 2.15 bits per heavy atom. The summed E-state index contributed by atoms with van der Waals surface area (Å²) in [6.45, 7) is 0. The minimum absolute atomic E-state index is 0.129. The van der Waals surface area contributed by atoms with Gasteiger partial charge in [-0.2, -0.15) is 0 Å². The fourth-order valence-corrected chi connectivity index (χ4v) is 1.89. The third kappa shape index (κ3) is 2.79. The number of ether oxygens (including phenoxy) is 1. The van der Waals surface area contributed by atoms with Crippen LogP contribution in [0.1, 0.15) is 15.9 Å². The van der Waals surface area contributed by atoms with Crippen molar-refractivity contribution >= 4 is 11.5 Å². The standard InChI is InChI=1S/C16H16FNO2/c1-18(2)13-7-4-11(5-8-13)16(19)12-6-9-15(20-3)14(17)10-12/h4-10H,1-3H3. The van der Waals surface area contributed by atoms with E-state index in [4.69, 9.17) is 4.74 Å². The van der Waals surface area contributed by atoms with E-state index in [1.165, 1.54) is 19.2 Å². The third-order valence-electron chi connectivity index (χ3n) is 3.06. The number of nitrogens with zero attached hydrogens (tertiary/aromatic N) is 1. The first kappa shape index (κ1) is 14.1. The van der Waals surface area contributed by atoms with Crippen LogP contribution in [0.3, 0.4) is 0 Å². The van der Waals surface area contributed by atoms with E-state index in [1.807, 2.05) is 31.1 Å².